The Morgan fingerprint density at radius 3 is 3.09 bits per heavy atom. The largest absolute Gasteiger partial charge is 0.299 e. The van der Waals surface area contributed by atoms with Crippen molar-refractivity contribution in [1.82, 2.24) is 10.6 Å². The van der Waals surface area contributed by atoms with Gasteiger partial charge < -0.3 is 0 Å². The van der Waals surface area contributed by atoms with Crippen LogP contribution in [0.3, 0.4) is 0 Å². The van der Waals surface area contributed by atoms with Gasteiger partial charge in [-0.15, -0.1) is 0 Å². The number of hydrogen-bond acceptors (Lipinski definition) is 3. The molecule has 2 N–H and O–H groups in total. The number of aliphatic imine (C=N–C) groups is 1. The van der Waals surface area contributed by atoms with E-state index >= 15 is 0 Å². The fourth-order valence-electron chi connectivity index (χ4n) is 2.35. The zero-order valence-electron chi connectivity index (χ0n) is 6.51. The highest BCUT2D eigenvalue weighted by Crippen LogP contribution is 2.49. The topological polar surface area (TPSA) is 36.4 Å². The van der Waals surface area contributed by atoms with Crippen molar-refractivity contribution in [1.29, 1.82) is 0 Å². The van der Waals surface area contributed by atoms with Crippen LogP contribution in [0.15, 0.2) is 4.99 Å². The SMILES string of the molecule is C1=NCC2NCNC2C12CC2. The lowest BCUT2D eigenvalue weighted by atomic mass is 9.90. The van der Waals surface area contributed by atoms with Crippen LogP contribution in [0.5, 0.6) is 0 Å². The first-order valence-corrected chi connectivity index (χ1v) is 4.38. The summed E-state index contributed by atoms with van der Waals surface area (Å²) in [5.74, 6) is 0. The van der Waals surface area contributed by atoms with E-state index in [1.165, 1.54) is 12.8 Å². The van der Waals surface area contributed by atoms with E-state index in [4.69, 9.17) is 0 Å². The normalized spacial score (nSPS) is 44.4. The van der Waals surface area contributed by atoms with Crippen molar-refractivity contribution in [3.05, 3.63) is 0 Å². The van der Waals surface area contributed by atoms with Gasteiger partial charge in [-0.3, -0.25) is 15.6 Å². The molecule has 1 aliphatic carbocycles. The summed E-state index contributed by atoms with van der Waals surface area (Å²) >= 11 is 0. The molecule has 3 heteroatoms. The van der Waals surface area contributed by atoms with Gasteiger partial charge in [0.05, 0.1) is 6.54 Å². The van der Waals surface area contributed by atoms with Gasteiger partial charge in [0, 0.05) is 30.4 Å². The van der Waals surface area contributed by atoms with Crippen LogP contribution in [0.25, 0.3) is 0 Å². The molecule has 2 fully saturated rings. The van der Waals surface area contributed by atoms with Gasteiger partial charge in [0.1, 0.15) is 0 Å². The van der Waals surface area contributed by atoms with Gasteiger partial charge in [0.25, 0.3) is 0 Å². The lowest BCUT2D eigenvalue weighted by molar-refractivity contribution is 0.404. The van der Waals surface area contributed by atoms with E-state index in [-0.39, 0.29) is 0 Å². The van der Waals surface area contributed by atoms with Gasteiger partial charge in [-0.05, 0) is 12.8 Å². The van der Waals surface area contributed by atoms with Crippen molar-refractivity contribution in [2.75, 3.05) is 13.2 Å². The molecule has 2 heterocycles. The van der Waals surface area contributed by atoms with E-state index in [9.17, 15) is 0 Å². The predicted octanol–water partition coefficient (Wildman–Crippen LogP) is -0.262. The second kappa shape index (κ2) is 1.84. The molecule has 3 aliphatic rings. The van der Waals surface area contributed by atoms with Crippen LogP contribution in [0.1, 0.15) is 12.8 Å². The second-order valence-corrected chi connectivity index (χ2v) is 3.90. The van der Waals surface area contributed by atoms with Gasteiger partial charge >= 0.3 is 0 Å². The minimum atomic E-state index is 0.465. The Bertz CT molecular complexity index is 207. The van der Waals surface area contributed by atoms with Crippen LogP contribution in [0.2, 0.25) is 0 Å². The molecule has 0 amide bonds. The van der Waals surface area contributed by atoms with Crippen LogP contribution in [0, 0.1) is 5.41 Å². The molecule has 60 valence electrons. The van der Waals surface area contributed by atoms with Crippen molar-refractivity contribution >= 4 is 6.21 Å². The average Bonchev–Trinajstić information content (AvgIpc) is 2.63. The van der Waals surface area contributed by atoms with Crippen LogP contribution in [0.4, 0.5) is 0 Å². The third-order valence-electron chi connectivity index (χ3n) is 3.19. The molecule has 0 radical (unpaired) electrons. The van der Waals surface area contributed by atoms with Gasteiger partial charge in [-0.25, -0.2) is 0 Å². The summed E-state index contributed by atoms with van der Waals surface area (Å²) in [7, 11) is 0. The van der Waals surface area contributed by atoms with Gasteiger partial charge in [-0.2, -0.15) is 0 Å². The van der Waals surface area contributed by atoms with Crippen LogP contribution < -0.4 is 10.6 Å². The molecule has 0 aromatic carbocycles. The van der Waals surface area contributed by atoms with Crippen molar-refractivity contribution < 1.29 is 0 Å². The van der Waals surface area contributed by atoms with Gasteiger partial charge in [0.15, 0.2) is 0 Å². The Hall–Kier alpha value is -0.410. The van der Waals surface area contributed by atoms with E-state index in [0.29, 0.717) is 17.5 Å². The molecule has 1 spiro atoms. The predicted molar refractivity (Wildman–Crippen MR) is 43.7 cm³/mol. The molecule has 0 bridgehead atoms. The maximum atomic E-state index is 4.41. The molecule has 2 unspecified atom stereocenters. The molecule has 2 atom stereocenters. The Morgan fingerprint density at radius 1 is 1.36 bits per heavy atom. The summed E-state index contributed by atoms with van der Waals surface area (Å²) in [5.41, 5.74) is 0.465. The van der Waals surface area contributed by atoms with E-state index in [0.717, 1.165) is 13.2 Å². The quantitative estimate of drug-likeness (QED) is 0.500. The highest BCUT2D eigenvalue weighted by molar-refractivity contribution is 5.72. The third-order valence-corrected chi connectivity index (χ3v) is 3.19. The zero-order chi connectivity index (χ0) is 7.31. The average molecular weight is 151 g/mol. The van der Waals surface area contributed by atoms with Gasteiger partial charge in [-0.1, -0.05) is 0 Å². The van der Waals surface area contributed by atoms with E-state index in [2.05, 4.69) is 21.8 Å². The third kappa shape index (κ3) is 0.726. The van der Waals surface area contributed by atoms with Crippen molar-refractivity contribution in [3.63, 3.8) is 0 Å². The molecule has 3 nitrogen and oxygen atoms in total. The van der Waals surface area contributed by atoms with Crippen molar-refractivity contribution in [3.8, 4) is 0 Å². The lowest BCUT2D eigenvalue weighted by Crippen LogP contribution is -2.46. The number of nitrogens with zero attached hydrogens (tertiary/aromatic N) is 1. The highest BCUT2D eigenvalue weighted by atomic mass is 15.2. The van der Waals surface area contributed by atoms with E-state index in [1.807, 2.05) is 0 Å². The van der Waals surface area contributed by atoms with Crippen molar-refractivity contribution in [2.45, 2.75) is 24.9 Å². The van der Waals surface area contributed by atoms with Crippen molar-refractivity contribution in [2.24, 2.45) is 10.4 Å². The summed E-state index contributed by atoms with van der Waals surface area (Å²) in [5, 5.41) is 6.94. The van der Waals surface area contributed by atoms with Crippen LogP contribution in [-0.4, -0.2) is 31.5 Å². The maximum absolute atomic E-state index is 4.41. The Balaban J connectivity index is 1.94. The Morgan fingerprint density at radius 2 is 2.27 bits per heavy atom. The standard InChI is InChI=1S/C8H13N3/c1-2-8(1)4-9-3-6-7(8)11-5-10-6/h4,6-7,10-11H,1-3,5H2. The molecule has 0 aromatic rings. The summed E-state index contributed by atoms with van der Waals surface area (Å²) in [4.78, 5) is 4.41. The maximum Gasteiger partial charge on any atom is 0.0555 e. The summed E-state index contributed by atoms with van der Waals surface area (Å²) in [6.07, 6.45) is 4.87. The first-order chi connectivity index (χ1) is 5.41. The lowest BCUT2D eigenvalue weighted by Gasteiger charge is -2.28. The fraction of sp³-hybridized carbons (Fsp3) is 0.875. The molecular formula is C8H13N3. The minimum absolute atomic E-state index is 0.465. The summed E-state index contributed by atoms with van der Waals surface area (Å²) < 4.78 is 0. The second-order valence-electron chi connectivity index (χ2n) is 3.90. The number of rotatable bonds is 0. The number of nitrogens with one attached hydrogen (secondary N) is 2. The summed E-state index contributed by atoms with van der Waals surface area (Å²) in [6.45, 7) is 1.94. The molecule has 11 heavy (non-hydrogen) atoms. The van der Waals surface area contributed by atoms with Gasteiger partial charge in [0.2, 0.25) is 0 Å². The number of fused-ring (bicyclic) bond motifs is 2. The first kappa shape index (κ1) is 6.14. The molecule has 1 saturated carbocycles. The fourth-order valence-corrected chi connectivity index (χ4v) is 2.35. The number of hydrogen-bond donors (Lipinski definition) is 2. The molecule has 2 aliphatic heterocycles. The first-order valence-electron chi connectivity index (χ1n) is 4.38. The summed E-state index contributed by atoms with van der Waals surface area (Å²) in [6, 6.07) is 1.29. The van der Waals surface area contributed by atoms with E-state index < -0.39 is 0 Å². The monoisotopic (exact) mass is 151 g/mol. The Labute approximate surface area is 66.3 Å². The Kier molecular flexibility index (Phi) is 1.03. The van der Waals surface area contributed by atoms with Crippen LogP contribution >= 0.6 is 0 Å². The molecule has 3 rings (SSSR count). The zero-order valence-corrected chi connectivity index (χ0v) is 6.51. The smallest absolute Gasteiger partial charge is 0.0555 e. The minimum Gasteiger partial charge on any atom is -0.299 e. The van der Waals surface area contributed by atoms with E-state index in [1.54, 1.807) is 0 Å². The van der Waals surface area contributed by atoms with Crippen LogP contribution in [-0.2, 0) is 0 Å². The highest BCUT2D eigenvalue weighted by Gasteiger charge is 2.53. The molecule has 1 saturated heterocycles. The molecule has 0 aromatic heterocycles. The molecular weight excluding hydrogens is 138 g/mol.